The van der Waals surface area contributed by atoms with E-state index in [2.05, 4.69) is 77.2 Å². The highest BCUT2D eigenvalue weighted by molar-refractivity contribution is 7.89. The van der Waals surface area contributed by atoms with Crippen molar-refractivity contribution in [3.05, 3.63) is 117 Å². The predicted octanol–water partition coefficient (Wildman–Crippen LogP) is 10.7. The molecule has 428 valence electrons. The Morgan fingerprint density at radius 3 is 1.86 bits per heavy atom. The minimum Gasteiger partial charge on any atom is -0.395 e. The maximum absolute atomic E-state index is 13.9. The zero-order valence-electron chi connectivity index (χ0n) is 47.4. The lowest BCUT2D eigenvalue weighted by Crippen LogP contribution is -2.35. The number of anilines is 5. The summed E-state index contributed by atoms with van der Waals surface area (Å²) in [6.45, 7) is 19.0. The first-order valence-corrected chi connectivity index (χ1v) is 31.2. The molecule has 8 rings (SSSR count). The van der Waals surface area contributed by atoms with Gasteiger partial charge in [-0.2, -0.15) is 19.3 Å². The van der Waals surface area contributed by atoms with Crippen LogP contribution in [0.15, 0.2) is 86.7 Å². The van der Waals surface area contributed by atoms with Crippen molar-refractivity contribution in [2.24, 2.45) is 10.2 Å². The van der Waals surface area contributed by atoms with E-state index in [0.29, 0.717) is 89.9 Å². The quantitative estimate of drug-likeness (QED) is 0.0353. The Labute approximate surface area is 484 Å². The van der Waals surface area contributed by atoms with Crippen molar-refractivity contribution in [1.82, 2.24) is 33.3 Å². The van der Waals surface area contributed by atoms with Gasteiger partial charge in [-0.1, -0.05) is 107 Å². The van der Waals surface area contributed by atoms with Gasteiger partial charge in [-0.25, -0.2) is 31.9 Å². The molecule has 0 saturated carbocycles. The number of aryl methyl sites for hydroxylation is 7. The predicted molar refractivity (Wildman–Crippen MR) is 323 cm³/mol. The molecule has 81 heavy (non-hydrogen) atoms. The monoisotopic (exact) mass is 1170 g/mol. The molecule has 19 nitrogen and oxygen atoms in total. The molecule has 0 spiro atoms. The Bertz CT molecular complexity index is 3760. The first kappa shape index (κ1) is 60.7. The molecule has 23 heteroatoms. The molecule has 0 aliphatic carbocycles. The van der Waals surface area contributed by atoms with Crippen LogP contribution < -0.4 is 10.2 Å². The maximum atomic E-state index is 13.9. The molecular weight excluding hydrogens is 1100 g/mol. The lowest BCUT2D eigenvalue weighted by molar-refractivity contribution is 0.217. The van der Waals surface area contributed by atoms with Gasteiger partial charge in [0.15, 0.2) is 16.8 Å². The second-order valence-electron chi connectivity index (χ2n) is 20.5. The first-order valence-electron chi connectivity index (χ1n) is 27.0. The largest absolute Gasteiger partial charge is 0.395 e. The summed E-state index contributed by atoms with van der Waals surface area (Å²) in [4.78, 5) is 18.1. The van der Waals surface area contributed by atoms with Gasteiger partial charge in [0.1, 0.15) is 34.1 Å². The summed E-state index contributed by atoms with van der Waals surface area (Å²) in [7, 11) is -5.78. The number of hydrogen-bond donors (Lipinski definition) is 5. The van der Waals surface area contributed by atoms with E-state index >= 15 is 0 Å². The van der Waals surface area contributed by atoms with E-state index < -0.39 is 39.6 Å². The summed E-state index contributed by atoms with van der Waals surface area (Å²) in [5.41, 5.74) is 10.5. The van der Waals surface area contributed by atoms with Gasteiger partial charge in [0.2, 0.25) is 15.2 Å². The summed E-state index contributed by atoms with van der Waals surface area (Å²) in [5.74, 6) is 1.01. The number of aliphatic hydroxyl groups is 4. The van der Waals surface area contributed by atoms with Crippen molar-refractivity contribution >= 4 is 104 Å². The van der Waals surface area contributed by atoms with Crippen molar-refractivity contribution in [2.75, 3.05) is 62.8 Å². The normalized spacial score (nSPS) is 12.7. The Kier molecular flexibility index (Phi) is 19.3. The number of pyridine rings is 1. The molecule has 0 aliphatic rings. The number of aliphatic hydroxyl groups excluding tert-OH is 4. The third-order valence-electron chi connectivity index (χ3n) is 13.7. The van der Waals surface area contributed by atoms with Crippen molar-refractivity contribution in [1.29, 1.82) is 5.26 Å². The van der Waals surface area contributed by atoms with Crippen LogP contribution >= 0.6 is 22.7 Å². The lowest BCUT2D eigenvalue weighted by Gasteiger charge is -2.28. The van der Waals surface area contributed by atoms with Gasteiger partial charge in [-0.3, -0.25) is 4.90 Å². The molecule has 0 radical (unpaired) electrons. The Morgan fingerprint density at radius 1 is 0.728 bits per heavy atom. The number of fused-ring (bicyclic) bond motifs is 2. The third-order valence-corrected chi connectivity index (χ3v) is 19.1. The molecule has 0 fully saturated rings. The van der Waals surface area contributed by atoms with Crippen molar-refractivity contribution in [2.45, 2.75) is 110 Å². The smallest absolute Gasteiger partial charge is 0.243 e. The molecule has 1 unspecified atom stereocenters. The molecule has 4 aromatic heterocycles. The third kappa shape index (κ3) is 12.7. The zero-order valence-corrected chi connectivity index (χ0v) is 50.7. The summed E-state index contributed by atoms with van der Waals surface area (Å²) in [6, 6.07) is 22.9. The van der Waals surface area contributed by atoms with E-state index in [1.807, 2.05) is 38.7 Å². The number of hydrogen-bond acceptors (Lipinski definition) is 18. The summed E-state index contributed by atoms with van der Waals surface area (Å²) >= 11 is 2.59. The zero-order chi connectivity index (χ0) is 58.5. The summed E-state index contributed by atoms with van der Waals surface area (Å²) < 4.78 is 46.9. The minimum absolute atomic E-state index is 0.00588. The van der Waals surface area contributed by atoms with Crippen LogP contribution in [0, 0.1) is 32.1 Å². The number of nitrogens with zero attached hydrogens (tertiary/aromatic N) is 11. The van der Waals surface area contributed by atoms with E-state index in [-0.39, 0.29) is 55.7 Å². The Hall–Kier alpha value is -6.43. The fraction of sp³-hybridized carbons (Fsp3) is 0.397. The van der Waals surface area contributed by atoms with Crippen LogP contribution in [0.1, 0.15) is 98.7 Å². The topological polar surface area (TPSA) is 259 Å². The maximum Gasteiger partial charge on any atom is 0.243 e. The number of thiazole rings is 2. The van der Waals surface area contributed by atoms with Crippen LogP contribution in [0.3, 0.4) is 0 Å². The highest BCUT2D eigenvalue weighted by Gasteiger charge is 2.32. The van der Waals surface area contributed by atoms with Crippen LogP contribution in [0.25, 0.3) is 25.6 Å². The highest BCUT2D eigenvalue weighted by Crippen LogP contribution is 2.47. The van der Waals surface area contributed by atoms with E-state index in [1.54, 1.807) is 30.3 Å². The molecule has 4 aromatic carbocycles. The summed E-state index contributed by atoms with van der Waals surface area (Å²) in [5, 5.41) is 69.3. The minimum atomic E-state index is -4.10. The van der Waals surface area contributed by atoms with Crippen LogP contribution in [-0.4, -0.2) is 119 Å². The van der Waals surface area contributed by atoms with Crippen molar-refractivity contribution in [3.63, 3.8) is 0 Å². The van der Waals surface area contributed by atoms with Crippen LogP contribution in [0.5, 0.6) is 0 Å². The molecule has 0 bridgehead atoms. The number of aromatic nitrogens is 5. The first-order chi connectivity index (χ1) is 38.8. The fourth-order valence-electron chi connectivity index (χ4n) is 9.80. The van der Waals surface area contributed by atoms with Crippen LogP contribution in [-0.2, 0) is 52.1 Å². The van der Waals surface area contributed by atoms with Gasteiger partial charge < -0.3 is 25.7 Å². The second-order valence-corrected chi connectivity index (χ2v) is 26.0. The molecule has 5 N–H and O–H groups in total. The Balaban J connectivity index is 1.36. The Morgan fingerprint density at radius 2 is 1.30 bits per heavy atom. The summed E-state index contributed by atoms with van der Waals surface area (Å²) in [6.07, 6.45) is 2.78. The molecule has 1 atom stereocenters. The standard InChI is InChI=1S/C58H70N12O7S4/c1-11-38-27-35(5)28-39(12-2)51(38)63-54-50(64-65-55-44(34-59)53(58(8,9)10)66-70(55)57-61-45-17-15-42(32-47(45)79-57)80(75)67(19-23-71)20-24-72)37(7)31-49(62-54)69(52-40(13-3)29-36(6)30-41(52)14-4)56-60-46-18-16-43(33-48(46)78-56)81(76,77)68(21-25-73)22-26-74/h15-18,27-33,71-74H,11-14,19-26H2,1-10H3,(H,62,63). The molecule has 4 heterocycles. The van der Waals surface area contributed by atoms with E-state index in [1.165, 1.54) is 37.7 Å². The van der Waals surface area contributed by atoms with Gasteiger partial charge in [-0.05, 0) is 117 Å². The number of nitriles is 1. The molecule has 0 saturated heterocycles. The SMILES string of the molecule is CCc1cc(C)cc(CC)c1Nc1nc(N(c2nc3ccc(S(=O)(=O)N(CCO)CCO)cc3s2)c2c(CC)cc(C)cc2CC)cc(C)c1N=Nc1c(C#N)c(C(C)(C)C)nn1-c1nc2ccc(S(=O)N(CCO)CCO)cc2s1. The van der Waals surface area contributed by atoms with E-state index in [9.17, 15) is 38.3 Å². The van der Waals surface area contributed by atoms with Gasteiger partial charge in [-0.15, -0.1) is 10.2 Å². The number of azo groups is 1. The number of nitrogens with one attached hydrogen (secondary N) is 1. The highest BCUT2D eigenvalue weighted by atomic mass is 32.2. The van der Waals surface area contributed by atoms with Crippen molar-refractivity contribution < 1.29 is 33.1 Å². The molecule has 0 amide bonds. The van der Waals surface area contributed by atoms with Gasteiger partial charge in [0.25, 0.3) is 0 Å². The molecule has 8 aromatic rings. The lowest BCUT2D eigenvalue weighted by atomic mass is 9.90. The van der Waals surface area contributed by atoms with Gasteiger partial charge >= 0.3 is 0 Å². The average Bonchev–Trinajstić information content (AvgIpc) is 4.20. The molecular formula is C58H70N12O7S4. The van der Waals surface area contributed by atoms with Crippen LogP contribution in [0.4, 0.5) is 39.6 Å². The molecule has 0 aliphatic heterocycles. The van der Waals surface area contributed by atoms with Gasteiger partial charge in [0.05, 0.1) is 68.0 Å². The van der Waals surface area contributed by atoms with Gasteiger partial charge in [0, 0.05) is 37.3 Å². The van der Waals surface area contributed by atoms with Crippen molar-refractivity contribution in [3.8, 4) is 11.2 Å². The number of sulfonamides is 1. The number of benzene rings is 4. The number of rotatable bonds is 24. The van der Waals surface area contributed by atoms with E-state index in [0.717, 1.165) is 49.1 Å². The second kappa shape index (κ2) is 25.8. The fourth-order valence-corrected chi connectivity index (χ4v) is 14.6. The van der Waals surface area contributed by atoms with Crippen LogP contribution in [0.2, 0.25) is 0 Å². The van der Waals surface area contributed by atoms with E-state index in [4.69, 9.17) is 30.3 Å². The average molecular weight is 1180 g/mol.